The third-order valence-electron chi connectivity index (χ3n) is 8.22. The molecule has 1 atom stereocenters. The summed E-state index contributed by atoms with van der Waals surface area (Å²) in [6.45, 7) is 2.24. The Labute approximate surface area is 220 Å². The standard InChI is InChI=1S/C30H28N6O2/c31-14-20-1-3-22(4-2-20)23-13-27-29-32-9-10-35(29)26-6-5-25(12-24(26)18-34(27)17-23)36-16-21(11-28(36)38)15-33-30(19-37)7-8-30/h1-6,9-10,12-13,17,21,33,37H,7-8,11,15-16,18-19H2/t21-/m1/s1. The molecule has 8 nitrogen and oxygen atoms in total. The van der Waals surface area contributed by atoms with Gasteiger partial charge in [0.2, 0.25) is 5.91 Å². The van der Waals surface area contributed by atoms with Crippen LogP contribution in [-0.2, 0) is 11.3 Å². The number of anilines is 1. The minimum atomic E-state index is -0.117. The van der Waals surface area contributed by atoms with Crippen molar-refractivity contribution in [3.63, 3.8) is 0 Å². The molecule has 1 saturated carbocycles. The molecule has 8 heteroatoms. The fraction of sp³-hybridized carbons (Fsp3) is 0.300. The zero-order valence-corrected chi connectivity index (χ0v) is 21.0. The Morgan fingerprint density at radius 2 is 1.97 bits per heavy atom. The maximum absolute atomic E-state index is 13.0. The Morgan fingerprint density at radius 1 is 1.13 bits per heavy atom. The average Bonchev–Trinajstić information content (AvgIpc) is 3.23. The largest absolute Gasteiger partial charge is 0.394 e. The first-order chi connectivity index (χ1) is 18.6. The maximum atomic E-state index is 13.0. The second-order valence-corrected chi connectivity index (χ2v) is 10.8. The lowest BCUT2D eigenvalue weighted by Crippen LogP contribution is -2.38. The summed E-state index contributed by atoms with van der Waals surface area (Å²) in [5.41, 5.74) is 6.77. The van der Waals surface area contributed by atoms with E-state index in [1.807, 2.05) is 47.6 Å². The monoisotopic (exact) mass is 504 g/mol. The summed E-state index contributed by atoms with van der Waals surface area (Å²) >= 11 is 0. The van der Waals surface area contributed by atoms with Crippen molar-refractivity contribution in [1.29, 1.82) is 5.26 Å². The fourth-order valence-corrected chi connectivity index (χ4v) is 5.77. The van der Waals surface area contributed by atoms with Crippen molar-refractivity contribution < 1.29 is 9.90 Å². The predicted octanol–water partition coefficient (Wildman–Crippen LogP) is 3.71. The Hall–Kier alpha value is -4.19. The van der Waals surface area contributed by atoms with Crippen LogP contribution in [0.25, 0.3) is 28.3 Å². The van der Waals surface area contributed by atoms with Gasteiger partial charge in [0.15, 0.2) is 5.82 Å². The van der Waals surface area contributed by atoms with Crippen LogP contribution in [0, 0.1) is 17.2 Å². The minimum Gasteiger partial charge on any atom is -0.394 e. The maximum Gasteiger partial charge on any atom is 0.227 e. The molecule has 1 aliphatic carbocycles. The van der Waals surface area contributed by atoms with E-state index >= 15 is 0 Å². The second kappa shape index (κ2) is 8.69. The highest BCUT2D eigenvalue weighted by Crippen LogP contribution is 2.37. The predicted molar refractivity (Wildman–Crippen MR) is 144 cm³/mol. The van der Waals surface area contributed by atoms with E-state index < -0.39 is 0 Å². The molecule has 190 valence electrons. The Balaban J connectivity index is 1.19. The van der Waals surface area contributed by atoms with Crippen molar-refractivity contribution >= 4 is 11.6 Å². The summed E-state index contributed by atoms with van der Waals surface area (Å²) in [6, 6.07) is 18.2. The number of aromatic nitrogens is 3. The number of aliphatic hydroxyl groups excluding tert-OH is 1. The van der Waals surface area contributed by atoms with Crippen LogP contribution in [0.1, 0.15) is 30.4 Å². The number of nitrogens with zero attached hydrogens (tertiary/aromatic N) is 5. The number of aliphatic hydroxyl groups is 1. The van der Waals surface area contributed by atoms with Crippen LogP contribution in [0.4, 0.5) is 5.69 Å². The van der Waals surface area contributed by atoms with Crippen molar-refractivity contribution in [3.05, 3.63) is 78.2 Å². The van der Waals surface area contributed by atoms with Gasteiger partial charge < -0.3 is 19.9 Å². The van der Waals surface area contributed by atoms with Crippen LogP contribution in [-0.4, -0.2) is 50.4 Å². The summed E-state index contributed by atoms with van der Waals surface area (Å²) < 4.78 is 4.33. The molecule has 4 aromatic rings. The summed E-state index contributed by atoms with van der Waals surface area (Å²) in [7, 11) is 0. The lowest BCUT2D eigenvalue weighted by Gasteiger charge is -2.21. The van der Waals surface area contributed by atoms with Crippen molar-refractivity contribution in [1.82, 2.24) is 19.4 Å². The van der Waals surface area contributed by atoms with Gasteiger partial charge >= 0.3 is 0 Å². The lowest BCUT2D eigenvalue weighted by molar-refractivity contribution is -0.117. The van der Waals surface area contributed by atoms with Gasteiger partial charge in [0.25, 0.3) is 0 Å². The molecule has 38 heavy (non-hydrogen) atoms. The quantitative estimate of drug-likeness (QED) is 0.367. The molecule has 3 aliphatic rings. The number of carbonyl (C=O) groups is 1. The van der Waals surface area contributed by atoms with Gasteiger partial charge in [-0.2, -0.15) is 5.26 Å². The molecule has 1 saturated heterocycles. The normalized spacial score (nSPS) is 18.9. The van der Waals surface area contributed by atoms with Gasteiger partial charge in [-0.25, -0.2) is 4.98 Å². The third-order valence-corrected chi connectivity index (χ3v) is 8.22. The van der Waals surface area contributed by atoms with Crippen molar-refractivity contribution in [2.24, 2.45) is 5.92 Å². The first kappa shape index (κ1) is 23.0. The fourth-order valence-electron chi connectivity index (χ4n) is 5.77. The van der Waals surface area contributed by atoms with E-state index in [2.05, 4.69) is 49.9 Å². The molecule has 0 unspecified atom stereocenters. The number of carbonyl (C=O) groups excluding carboxylic acids is 1. The molecule has 0 radical (unpaired) electrons. The minimum absolute atomic E-state index is 0.117. The molecule has 2 aromatic heterocycles. The van der Waals surface area contributed by atoms with Crippen LogP contribution >= 0.6 is 0 Å². The highest BCUT2D eigenvalue weighted by Gasteiger charge is 2.42. The number of imidazole rings is 1. The van der Waals surface area contributed by atoms with Gasteiger partial charge in [-0.05, 0) is 66.3 Å². The van der Waals surface area contributed by atoms with E-state index in [0.29, 0.717) is 25.1 Å². The van der Waals surface area contributed by atoms with Crippen LogP contribution in [0.5, 0.6) is 0 Å². The number of nitriles is 1. The van der Waals surface area contributed by atoms with Gasteiger partial charge in [-0.1, -0.05) is 12.1 Å². The summed E-state index contributed by atoms with van der Waals surface area (Å²) in [5, 5.41) is 22.2. The number of amides is 1. The van der Waals surface area contributed by atoms with E-state index in [1.54, 1.807) is 0 Å². The van der Waals surface area contributed by atoms with Crippen LogP contribution in [0.2, 0.25) is 0 Å². The SMILES string of the molecule is N#Cc1ccc(-c2cc3n(c2)Cc2cc(N4C[C@@H](CNC5(CO)CC5)CC4=O)ccc2-n2ccnc2-3)cc1. The van der Waals surface area contributed by atoms with Gasteiger partial charge in [0.05, 0.1) is 29.6 Å². The average molecular weight is 505 g/mol. The molecule has 0 bridgehead atoms. The first-order valence-corrected chi connectivity index (χ1v) is 13.1. The molecule has 2 fully saturated rings. The van der Waals surface area contributed by atoms with E-state index in [1.165, 1.54) is 0 Å². The highest BCUT2D eigenvalue weighted by molar-refractivity contribution is 5.96. The van der Waals surface area contributed by atoms with E-state index in [9.17, 15) is 9.90 Å². The second-order valence-electron chi connectivity index (χ2n) is 10.8. The number of hydrogen-bond acceptors (Lipinski definition) is 5. The Kier molecular flexibility index (Phi) is 5.25. The molecular weight excluding hydrogens is 476 g/mol. The zero-order chi connectivity index (χ0) is 25.9. The molecule has 0 spiro atoms. The van der Waals surface area contributed by atoms with E-state index in [-0.39, 0.29) is 24.0 Å². The number of benzene rings is 2. The van der Waals surface area contributed by atoms with Crippen LogP contribution in [0.15, 0.2) is 67.1 Å². The number of hydrogen-bond donors (Lipinski definition) is 2. The van der Waals surface area contributed by atoms with E-state index in [0.717, 1.165) is 59.0 Å². The Morgan fingerprint density at radius 3 is 2.74 bits per heavy atom. The number of fused-ring (bicyclic) bond motifs is 5. The smallest absolute Gasteiger partial charge is 0.227 e. The van der Waals surface area contributed by atoms with Gasteiger partial charge in [-0.15, -0.1) is 0 Å². The molecule has 1 amide bonds. The van der Waals surface area contributed by atoms with Gasteiger partial charge in [0.1, 0.15) is 0 Å². The summed E-state index contributed by atoms with van der Waals surface area (Å²) in [5.74, 6) is 1.25. The van der Waals surface area contributed by atoms with Gasteiger partial charge in [-0.3, -0.25) is 9.36 Å². The molecular formula is C30H28N6O2. The molecule has 2 N–H and O–H groups in total. The zero-order valence-electron chi connectivity index (χ0n) is 21.0. The molecule has 7 rings (SSSR count). The topological polar surface area (TPSA) is 99.1 Å². The highest BCUT2D eigenvalue weighted by atomic mass is 16.3. The number of nitrogens with one attached hydrogen (secondary N) is 1. The van der Waals surface area contributed by atoms with Gasteiger partial charge in [0, 0.05) is 61.4 Å². The molecule has 4 heterocycles. The van der Waals surface area contributed by atoms with Crippen molar-refractivity contribution in [2.75, 3.05) is 24.6 Å². The Bertz CT molecular complexity index is 1590. The van der Waals surface area contributed by atoms with E-state index in [4.69, 9.17) is 5.26 Å². The third kappa shape index (κ3) is 3.83. The first-order valence-electron chi connectivity index (χ1n) is 13.1. The van der Waals surface area contributed by atoms with Crippen molar-refractivity contribution in [3.8, 4) is 34.4 Å². The summed E-state index contributed by atoms with van der Waals surface area (Å²) in [4.78, 5) is 19.6. The number of rotatable bonds is 6. The van der Waals surface area contributed by atoms with Crippen LogP contribution in [0.3, 0.4) is 0 Å². The summed E-state index contributed by atoms with van der Waals surface area (Å²) in [6.07, 6.45) is 8.46. The molecule has 2 aliphatic heterocycles. The lowest BCUT2D eigenvalue weighted by atomic mass is 10.1. The van der Waals surface area contributed by atoms with Crippen molar-refractivity contribution in [2.45, 2.75) is 31.3 Å². The molecule has 2 aromatic carbocycles. The van der Waals surface area contributed by atoms with Crippen LogP contribution < -0.4 is 10.2 Å².